The maximum absolute atomic E-state index is 6.35. The number of rotatable bonds is 22. The largest absolute Gasteiger partial charge is 0.495 e. The van der Waals surface area contributed by atoms with Crippen molar-refractivity contribution in [2.75, 3.05) is 0 Å². The topological polar surface area (TPSA) is 44.2 Å². The Morgan fingerprint density at radius 1 is 0.267 bits per heavy atom. The molecule has 0 atom stereocenters. The molecule has 116 heavy (non-hydrogen) atoms. The van der Waals surface area contributed by atoms with Gasteiger partial charge in [-0.15, -0.1) is 0 Å². The Morgan fingerprint density at radius 3 is 1.10 bits per heavy atom. The van der Waals surface area contributed by atoms with Crippen molar-refractivity contribution in [3.63, 3.8) is 0 Å². The van der Waals surface area contributed by atoms with Gasteiger partial charge in [0.05, 0.1) is 33.6 Å². The van der Waals surface area contributed by atoms with E-state index >= 15 is 0 Å². The number of pyridine rings is 2. The summed E-state index contributed by atoms with van der Waals surface area (Å²) < 4.78 is 13.8. The van der Waals surface area contributed by atoms with Gasteiger partial charge in [-0.1, -0.05) is 339 Å². The summed E-state index contributed by atoms with van der Waals surface area (Å²) in [6.07, 6.45) is 16.7. The van der Waals surface area contributed by atoms with Crippen LogP contribution in [-0.2, 0) is 47.8 Å². The molecule has 1 fully saturated rings. The van der Waals surface area contributed by atoms with Crippen molar-refractivity contribution in [1.82, 2.24) is 9.97 Å². The monoisotopic (exact) mass is 1570 g/mol. The summed E-state index contributed by atoms with van der Waals surface area (Å²) in [7, 11) is -0.348. The standard InChI is InChI=1S/C52H43N.C30H37BO2.C28H18BrN/c1(5-16-37-17-7-3-8-18-37)2-6-19-38-20-15-24-40(32-38)45-26-13-14-27-47(45)42-29-31-51-50(35-42)49(39-21-9-4-10-22-39)36-52(53-51)43-28-30-48-44(34-43)33-41-23-11-12-25-46(41)48;1-29(2)30(3,4)33-31(32-29)28-22-13-12-21-27(28)26-20-14-19-25(23-26)18-9-6-5-8-15-24-16-10-7-11-17-24;29-22-11-13-27-26(16-22)25(18-6-2-1-3-7-18)17-28(30-27)20-10-12-24-21(15-20)14-19-8-4-5-9-23(19)24/h3-4,7-15,17-18,20-32,34-36H,1-2,5-6,16,19,33H2;7,10-14,16-17,19-23H,5-6,8-9,15,18H2,1-4H3;1-13,15-17H,14H2. The van der Waals surface area contributed by atoms with E-state index in [4.69, 9.17) is 19.3 Å². The van der Waals surface area contributed by atoms with Crippen LogP contribution in [-0.4, -0.2) is 28.3 Å². The summed E-state index contributed by atoms with van der Waals surface area (Å²) in [6.45, 7) is 8.43. The molecule has 570 valence electrons. The second-order valence-electron chi connectivity index (χ2n) is 32.6. The molecule has 1 aliphatic heterocycles. The Hall–Kier alpha value is -11.6. The fourth-order valence-electron chi connectivity index (χ4n) is 17.2. The number of halogens is 1. The highest BCUT2D eigenvalue weighted by molar-refractivity contribution is 9.10. The van der Waals surface area contributed by atoms with E-state index in [0.717, 1.165) is 69.0 Å². The summed E-state index contributed by atoms with van der Waals surface area (Å²) in [5.41, 5.74) is 35.8. The van der Waals surface area contributed by atoms with Gasteiger partial charge in [-0.25, -0.2) is 9.97 Å². The first-order chi connectivity index (χ1) is 56.9. The average molecular weight is 1570 g/mol. The van der Waals surface area contributed by atoms with E-state index in [1.807, 2.05) is 0 Å². The number of aryl methyl sites for hydroxylation is 4. The van der Waals surface area contributed by atoms with E-state index in [2.05, 4.69) is 395 Å². The quantitative estimate of drug-likeness (QED) is 0.0501. The SMILES string of the molecule is Brc1ccc2nc(-c3ccc4c(c3)Cc3ccccc3-4)cc(-c3ccccc3)c2c1.CC1(C)OB(c2ccccc2-c2cccc(CCCCCCc3ccccc3)c2)OC1(C)C.c1ccc(CCCCCCc2cccc(-c3ccccc3-c3ccc4nc(-c5ccc6c(c5)Cc5ccccc5-6)cc(-c5ccccc5)c4c3)c2)cc1. The molecule has 1 saturated heterocycles. The van der Waals surface area contributed by atoms with E-state index in [1.165, 1.54) is 198 Å². The fourth-order valence-corrected chi connectivity index (χ4v) is 17.6. The van der Waals surface area contributed by atoms with Gasteiger partial charge in [0.25, 0.3) is 0 Å². The molecule has 3 aliphatic rings. The van der Waals surface area contributed by atoms with Crippen LogP contribution in [0.15, 0.2) is 356 Å². The number of hydrogen-bond acceptors (Lipinski definition) is 4. The molecule has 0 unspecified atom stereocenters. The van der Waals surface area contributed by atoms with Gasteiger partial charge in [0, 0.05) is 26.4 Å². The molecule has 0 radical (unpaired) electrons. The summed E-state index contributed by atoms with van der Waals surface area (Å²) in [4.78, 5) is 10.3. The molecule has 2 aromatic heterocycles. The van der Waals surface area contributed by atoms with E-state index in [0.29, 0.717) is 0 Å². The third-order valence-electron chi connectivity index (χ3n) is 24.2. The van der Waals surface area contributed by atoms with Crippen LogP contribution in [0.1, 0.15) is 124 Å². The first kappa shape index (κ1) is 77.0. The van der Waals surface area contributed by atoms with Gasteiger partial charge in [-0.05, 0) is 274 Å². The number of hydrogen-bond donors (Lipinski definition) is 0. The maximum atomic E-state index is 6.35. The van der Waals surface area contributed by atoms with Crippen molar-refractivity contribution >= 4 is 50.3 Å². The minimum absolute atomic E-state index is 0.340. The Morgan fingerprint density at radius 2 is 0.621 bits per heavy atom. The molecule has 3 heterocycles. The number of unbranched alkanes of at least 4 members (excludes halogenated alkanes) is 6. The highest BCUT2D eigenvalue weighted by Gasteiger charge is 2.52. The maximum Gasteiger partial charge on any atom is 0.495 e. The summed E-state index contributed by atoms with van der Waals surface area (Å²) in [5, 5.41) is 2.33. The predicted octanol–water partition coefficient (Wildman–Crippen LogP) is 28.7. The van der Waals surface area contributed by atoms with Gasteiger partial charge >= 0.3 is 7.12 Å². The first-order valence-corrected chi connectivity index (χ1v) is 42.6. The zero-order valence-electron chi connectivity index (χ0n) is 67.1. The van der Waals surface area contributed by atoms with Gasteiger partial charge in [-0.2, -0.15) is 0 Å². The predicted molar refractivity (Wildman–Crippen MR) is 493 cm³/mol. The summed E-state index contributed by atoms with van der Waals surface area (Å²) in [5.74, 6) is 0. The number of fused-ring (bicyclic) bond motifs is 8. The molecular weight excluding hydrogens is 1470 g/mol. The highest BCUT2D eigenvalue weighted by Crippen LogP contribution is 2.45. The molecule has 16 aromatic rings. The van der Waals surface area contributed by atoms with E-state index in [-0.39, 0.29) is 18.3 Å². The summed E-state index contributed by atoms with van der Waals surface area (Å²) in [6, 6.07) is 127. The molecular formula is C110H98BBrN2O2. The van der Waals surface area contributed by atoms with Crippen molar-refractivity contribution in [3.8, 4) is 100 Å². The lowest BCUT2D eigenvalue weighted by Crippen LogP contribution is -2.41. The second-order valence-corrected chi connectivity index (χ2v) is 33.5. The molecule has 0 N–H and O–H groups in total. The molecule has 4 nitrogen and oxygen atoms in total. The van der Waals surface area contributed by atoms with E-state index in [1.54, 1.807) is 0 Å². The molecule has 0 bridgehead atoms. The molecule has 0 spiro atoms. The minimum atomic E-state index is -0.348. The van der Waals surface area contributed by atoms with Crippen LogP contribution in [0.5, 0.6) is 0 Å². The number of aromatic nitrogens is 2. The third kappa shape index (κ3) is 17.5. The van der Waals surface area contributed by atoms with Crippen LogP contribution in [0.2, 0.25) is 0 Å². The van der Waals surface area contributed by atoms with Crippen LogP contribution in [0, 0.1) is 0 Å². The van der Waals surface area contributed by atoms with Gasteiger partial charge in [0.1, 0.15) is 0 Å². The van der Waals surface area contributed by atoms with E-state index < -0.39 is 0 Å². The fraction of sp³-hybridized carbons (Fsp3) is 0.182. The lowest BCUT2D eigenvalue weighted by molar-refractivity contribution is 0.00578. The Balaban J connectivity index is 0.000000133. The lowest BCUT2D eigenvalue weighted by Gasteiger charge is -2.32. The zero-order valence-corrected chi connectivity index (χ0v) is 68.6. The Bertz CT molecular complexity index is 6120. The highest BCUT2D eigenvalue weighted by atomic mass is 79.9. The van der Waals surface area contributed by atoms with Gasteiger partial charge in [-0.3, -0.25) is 0 Å². The lowest BCUT2D eigenvalue weighted by atomic mass is 9.74. The van der Waals surface area contributed by atoms with Gasteiger partial charge < -0.3 is 9.31 Å². The third-order valence-corrected chi connectivity index (χ3v) is 24.7. The van der Waals surface area contributed by atoms with Crippen molar-refractivity contribution in [1.29, 1.82) is 0 Å². The van der Waals surface area contributed by atoms with Crippen molar-refractivity contribution < 1.29 is 9.31 Å². The Kier molecular flexibility index (Phi) is 23.4. The number of nitrogens with zero attached hydrogens (tertiary/aromatic N) is 2. The first-order valence-electron chi connectivity index (χ1n) is 41.8. The molecule has 14 aromatic carbocycles. The minimum Gasteiger partial charge on any atom is -0.399 e. The van der Waals surface area contributed by atoms with Crippen molar-refractivity contribution in [3.05, 3.63) is 401 Å². The zero-order chi connectivity index (χ0) is 78.8. The molecule has 0 amide bonds. The molecule has 6 heteroatoms. The average Bonchev–Trinajstić information content (AvgIpc) is 1.39. The van der Waals surface area contributed by atoms with Crippen LogP contribution in [0.4, 0.5) is 0 Å². The smallest absolute Gasteiger partial charge is 0.399 e. The Labute approximate surface area is 694 Å². The molecule has 0 saturated carbocycles. The van der Waals surface area contributed by atoms with Gasteiger partial charge in [0.15, 0.2) is 0 Å². The summed E-state index contributed by atoms with van der Waals surface area (Å²) >= 11 is 3.62. The van der Waals surface area contributed by atoms with Crippen LogP contribution >= 0.6 is 15.9 Å². The van der Waals surface area contributed by atoms with E-state index in [9.17, 15) is 0 Å². The van der Waals surface area contributed by atoms with Crippen molar-refractivity contribution in [2.45, 2.75) is 129 Å². The van der Waals surface area contributed by atoms with Crippen LogP contribution in [0.3, 0.4) is 0 Å². The molecule has 19 rings (SSSR count). The van der Waals surface area contributed by atoms with Gasteiger partial charge in [0.2, 0.25) is 0 Å². The number of benzene rings is 14. The second kappa shape index (κ2) is 35.2. The molecule has 2 aliphatic carbocycles. The van der Waals surface area contributed by atoms with Crippen LogP contribution in [0.25, 0.3) is 122 Å². The normalized spacial score (nSPS) is 13.3. The van der Waals surface area contributed by atoms with Crippen LogP contribution < -0.4 is 5.46 Å². The van der Waals surface area contributed by atoms with Crippen molar-refractivity contribution in [2.24, 2.45) is 0 Å².